The third kappa shape index (κ3) is 2.46. The minimum absolute atomic E-state index is 0.0498. The molecule has 0 radical (unpaired) electrons. The van der Waals surface area contributed by atoms with Crippen LogP contribution in [0.3, 0.4) is 0 Å². The predicted octanol–water partition coefficient (Wildman–Crippen LogP) is 2.45. The Kier molecular flexibility index (Phi) is 4.24. The Labute approximate surface area is 130 Å². The highest BCUT2D eigenvalue weighted by molar-refractivity contribution is 8.00. The first-order valence-corrected chi connectivity index (χ1v) is 10.3. The molecular weight excluding hydrogens is 310 g/mol. The smallest absolute Gasteiger partial charge is 0.240 e. The Bertz CT molecular complexity index is 542. The second kappa shape index (κ2) is 5.81. The Morgan fingerprint density at radius 3 is 3.05 bits per heavy atom. The zero-order chi connectivity index (χ0) is 14.3. The number of hydrogen-bond acceptors (Lipinski definition) is 4. The van der Waals surface area contributed by atoms with E-state index in [9.17, 15) is 9.00 Å². The number of carbonyl (C=O) groups is 1. The first-order valence-electron chi connectivity index (χ1n) is 6.95. The molecule has 1 aromatic rings. The predicted molar refractivity (Wildman–Crippen MR) is 86.9 cm³/mol. The topological polar surface area (TPSA) is 37.4 Å². The zero-order valence-corrected chi connectivity index (χ0v) is 14.2. The summed E-state index contributed by atoms with van der Waals surface area (Å²) in [4.78, 5) is 16.2. The van der Waals surface area contributed by atoms with Gasteiger partial charge in [0.2, 0.25) is 5.91 Å². The summed E-state index contributed by atoms with van der Waals surface area (Å²) in [5.41, 5.74) is 1.21. The molecule has 110 valence electrons. The summed E-state index contributed by atoms with van der Waals surface area (Å²) in [7, 11) is -0.793. The van der Waals surface area contributed by atoms with Crippen molar-refractivity contribution in [3.05, 3.63) is 21.9 Å². The van der Waals surface area contributed by atoms with Crippen molar-refractivity contribution in [2.75, 3.05) is 18.1 Å². The molecule has 1 aromatic heterocycles. The second-order valence-corrected chi connectivity index (χ2v) is 9.49. The van der Waals surface area contributed by atoms with Crippen LogP contribution in [-0.4, -0.2) is 44.4 Å². The van der Waals surface area contributed by atoms with Crippen molar-refractivity contribution in [3.8, 4) is 0 Å². The van der Waals surface area contributed by atoms with E-state index in [0.717, 1.165) is 12.2 Å². The lowest BCUT2D eigenvalue weighted by molar-refractivity contribution is -0.132. The van der Waals surface area contributed by atoms with Gasteiger partial charge in [-0.05, 0) is 43.0 Å². The number of amides is 1. The van der Waals surface area contributed by atoms with E-state index in [4.69, 9.17) is 0 Å². The summed E-state index contributed by atoms with van der Waals surface area (Å²) < 4.78 is 11.9. The van der Waals surface area contributed by atoms with Gasteiger partial charge in [0.1, 0.15) is 5.25 Å². The van der Waals surface area contributed by atoms with Gasteiger partial charge in [0.05, 0.1) is 5.25 Å². The van der Waals surface area contributed by atoms with Crippen LogP contribution in [0.4, 0.5) is 0 Å². The van der Waals surface area contributed by atoms with Gasteiger partial charge in [-0.2, -0.15) is 0 Å². The summed E-state index contributed by atoms with van der Waals surface area (Å²) in [5, 5.41) is 2.11. The standard InChI is InChI=1S/C14H19NO2S3/c1-9-10(2)20(17)8-5-15(9)14(16)13-11-3-6-18-12(11)4-7-19-13/h3,6,9-10,13H,4-5,7-8H2,1-2H3/t9-,10+,13-,20-/m1/s1. The fourth-order valence-electron chi connectivity index (χ4n) is 2.86. The van der Waals surface area contributed by atoms with Crippen molar-refractivity contribution in [2.45, 2.75) is 36.8 Å². The molecule has 3 nitrogen and oxygen atoms in total. The van der Waals surface area contributed by atoms with Gasteiger partial charge >= 0.3 is 0 Å². The highest BCUT2D eigenvalue weighted by atomic mass is 32.2. The summed E-state index contributed by atoms with van der Waals surface area (Å²) in [6.07, 6.45) is 1.08. The molecule has 1 fully saturated rings. The van der Waals surface area contributed by atoms with Gasteiger partial charge < -0.3 is 4.90 Å². The molecule has 1 amide bonds. The average Bonchev–Trinajstić information content (AvgIpc) is 2.92. The lowest BCUT2D eigenvalue weighted by atomic mass is 10.1. The molecule has 6 heteroatoms. The molecule has 0 aliphatic carbocycles. The van der Waals surface area contributed by atoms with Gasteiger partial charge in [0.25, 0.3) is 0 Å². The number of aryl methyl sites for hydroxylation is 1. The molecule has 0 unspecified atom stereocenters. The average molecular weight is 330 g/mol. The number of hydrogen-bond donors (Lipinski definition) is 0. The summed E-state index contributed by atoms with van der Waals surface area (Å²) >= 11 is 3.52. The van der Waals surface area contributed by atoms with E-state index in [1.54, 1.807) is 23.1 Å². The molecule has 4 atom stereocenters. The molecule has 3 rings (SSSR count). The largest absolute Gasteiger partial charge is 0.337 e. The molecule has 0 spiro atoms. The van der Waals surface area contributed by atoms with E-state index >= 15 is 0 Å². The third-order valence-electron chi connectivity index (χ3n) is 4.30. The van der Waals surface area contributed by atoms with Crippen LogP contribution >= 0.6 is 23.1 Å². The molecule has 3 heterocycles. The van der Waals surface area contributed by atoms with Crippen LogP contribution in [-0.2, 0) is 22.0 Å². The van der Waals surface area contributed by atoms with Crippen molar-refractivity contribution in [3.63, 3.8) is 0 Å². The van der Waals surface area contributed by atoms with Gasteiger partial charge in [0, 0.05) is 34.0 Å². The summed E-state index contributed by atoms with van der Waals surface area (Å²) in [6, 6.07) is 2.17. The Morgan fingerprint density at radius 1 is 1.45 bits per heavy atom. The summed E-state index contributed by atoms with van der Waals surface area (Å²) in [6.45, 7) is 4.65. The molecule has 0 aromatic carbocycles. The number of thiophene rings is 1. The zero-order valence-electron chi connectivity index (χ0n) is 11.7. The van der Waals surface area contributed by atoms with Crippen molar-refractivity contribution in [1.29, 1.82) is 0 Å². The van der Waals surface area contributed by atoms with E-state index in [2.05, 4.69) is 11.4 Å². The molecule has 0 N–H and O–H groups in total. The Hall–Kier alpha value is -0.330. The van der Waals surface area contributed by atoms with E-state index in [-0.39, 0.29) is 22.4 Å². The third-order valence-corrected chi connectivity index (χ3v) is 8.34. The van der Waals surface area contributed by atoms with Crippen LogP contribution in [0.1, 0.15) is 29.5 Å². The lowest BCUT2D eigenvalue weighted by Gasteiger charge is -2.39. The maximum Gasteiger partial charge on any atom is 0.240 e. The van der Waals surface area contributed by atoms with Gasteiger partial charge in [-0.3, -0.25) is 9.00 Å². The normalized spacial score (nSPS) is 33.8. The lowest BCUT2D eigenvalue weighted by Crippen LogP contribution is -2.53. The van der Waals surface area contributed by atoms with Crippen LogP contribution in [0.2, 0.25) is 0 Å². The minimum Gasteiger partial charge on any atom is -0.337 e. The van der Waals surface area contributed by atoms with Gasteiger partial charge in [-0.15, -0.1) is 23.1 Å². The van der Waals surface area contributed by atoms with E-state index < -0.39 is 10.8 Å². The van der Waals surface area contributed by atoms with Crippen LogP contribution in [0.25, 0.3) is 0 Å². The first-order chi connectivity index (χ1) is 9.59. The van der Waals surface area contributed by atoms with Crippen LogP contribution in [0, 0.1) is 0 Å². The van der Waals surface area contributed by atoms with E-state index in [1.807, 2.05) is 18.7 Å². The highest BCUT2D eigenvalue weighted by Crippen LogP contribution is 2.41. The van der Waals surface area contributed by atoms with Gasteiger partial charge in [-0.1, -0.05) is 0 Å². The van der Waals surface area contributed by atoms with Crippen molar-refractivity contribution >= 4 is 39.8 Å². The van der Waals surface area contributed by atoms with Crippen LogP contribution in [0.15, 0.2) is 11.4 Å². The quantitative estimate of drug-likeness (QED) is 0.794. The summed E-state index contributed by atoms with van der Waals surface area (Å²) in [5.74, 6) is 1.85. The maximum absolute atomic E-state index is 12.9. The van der Waals surface area contributed by atoms with E-state index in [0.29, 0.717) is 12.3 Å². The van der Waals surface area contributed by atoms with Crippen LogP contribution in [0.5, 0.6) is 0 Å². The number of nitrogens with zero attached hydrogens (tertiary/aromatic N) is 1. The number of carbonyl (C=O) groups excluding carboxylic acids is 1. The number of rotatable bonds is 1. The maximum atomic E-state index is 12.9. The van der Waals surface area contributed by atoms with E-state index in [1.165, 1.54) is 10.4 Å². The van der Waals surface area contributed by atoms with Gasteiger partial charge in [0.15, 0.2) is 0 Å². The number of thioether (sulfide) groups is 1. The molecular formula is C14H19NO2S3. The highest BCUT2D eigenvalue weighted by Gasteiger charge is 2.38. The first kappa shape index (κ1) is 14.6. The SMILES string of the molecule is C[C@@H]1[C@H](C)[S@](=O)CCN1C(=O)[C@@H]1SCCc2sccc21. The van der Waals surface area contributed by atoms with Crippen molar-refractivity contribution in [2.24, 2.45) is 0 Å². The number of fused-ring (bicyclic) bond motifs is 1. The van der Waals surface area contributed by atoms with Crippen LogP contribution < -0.4 is 0 Å². The van der Waals surface area contributed by atoms with Crippen molar-refractivity contribution in [1.82, 2.24) is 4.90 Å². The Balaban J connectivity index is 1.82. The monoisotopic (exact) mass is 329 g/mol. The Morgan fingerprint density at radius 2 is 2.25 bits per heavy atom. The molecule has 20 heavy (non-hydrogen) atoms. The fourth-order valence-corrected chi connectivity index (χ4v) is 6.56. The fraction of sp³-hybridized carbons (Fsp3) is 0.643. The molecule has 2 aliphatic heterocycles. The molecule has 2 aliphatic rings. The van der Waals surface area contributed by atoms with Crippen molar-refractivity contribution < 1.29 is 9.00 Å². The second-order valence-electron chi connectivity index (χ2n) is 5.36. The van der Waals surface area contributed by atoms with Gasteiger partial charge in [-0.25, -0.2) is 0 Å². The molecule has 0 saturated carbocycles. The molecule has 1 saturated heterocycles. The minimum atomic E-state index is -0.793. The molecule has 0 bridgehead atoms.